The fourth-order valence-electron chi connectivity index (χ4n) is 3.86. The molecule has 0 unspecified atom stereocenters. The number of carboxylic acid groups (broad SMARTS) is 1. The second-order valence-corrected chi connectivity index (χ2v) is 10.8. The van der Waals surface area contributed by atoms with Crippen molar-refractivity contribution >= 4 is 33.4 Å². The van der Waals surface area contributed by atoms with Crippen molar-refractivity contribution < 1.29 is 23.1 Å². The number of hydrogen-bond acceptors (Lipinski definition) is 4. The van der Waals surface area contributed by atoms with Crippen molar-refractivity contribution in [2.75, 3.05) is 30.4 Å². The highest BCUT2D eigenvalue weighted by molar-refractivity contribution is 7.89. The summed E-state index contributed by atoms with van der Waals surface area (Å²) >= 11 is 0. The number of carbonyl (C=O) groups is 2. The van der Waals surface area contributed by atoms with E-state index in [2.05, 4.69) is 0 Å². The van der Waals surface area contributed by atoms with Crippen LogP contribution in [-0.4, -0.2) is 56.5 Å². The minimum absolute atomic E-state index is 0.0504. The zero-order chi connectivity index (χ0) is 23.8. The molecule has 1 heterocycles. The molecule has 0 fully saturated rings. The number of carbonyl (C=O) groups excluding carboxylic acids is 1. The minimum atomic E-state index is -3.61. The molecule has 0 aromatic heterocycles. The second-order valence-electron chi connectivity index (χ2n) is 8.62. The van der Waals surface area contributed by atoms with E-state index in [1.165, 1.54) is 25.1 Å². The molecule has 2 aromatic carbocycles. The lowest BCUT2D eigenvalue weighted by atomic mass is 10.00. The van der Waals surface area contributed by atoms with Crippen LogP contribution in [0, 0.1) is 5.92 Å². The van der Waals surface area contributed by atoms with Crippen LogP contribution in [0.25, 0.3) is 11.1 Å². The van der Waals surface area contributed by atoms with E-state index in [0.29, 0.717) is 28.9 Å². The number of rotatable bonds is 5. The summed E-state index contributed by atoms with van der Waals surface area (Å²) in [7, 11) is -0.676. The molecule has 3 rings (SSSR count). The van der Waals surface area contributed by atoms with Crippen molar-refractivity contribution in [2.24, 2.45) is 5.92 Å². The maximum Gasteiger partial charge on any atom is 0.411 e. The third-order valence-corrected chi connectivity index (χ3v) is 7.25. The number of anilines is 2. The Balaban J connectivity index is 2.11. The van der Waals surface area contributed by atoms with Crippen molar-refractivity contribution in [3.8, 4) is 11.1 Å². The first-order valence-corrected chi connectivity index (χ1v) is 11.9. The van der Waals surface area contributed by atoms with Gasteiger partial charge in [0.15, 0.2) is 0 Å². The van der Waals surface area contributed by atoms with Crippen molar-refractivity contribution in [2.45, 2.75) is 38.1 Å². The van der Waals surface area contributed by atoms with Crippen LogP contribution < -0.4 is 9.80 Å². The molecule has 1 aliphatic rings. The monoisotopic (exact) mass is 459 g/mol. The quantitative estimate of drug-likeness (QED) is 0.732. The van der Waals surface area contributed by atoms with Crippen LogP contribution in [0.1, 0.15) is 27.2 Å². The van der Waals surface area contributed by atoms with Crippen LogP contribution in [0.5, 0.6) is 0 Å². The minimum Gasteiger partial charge on any atom is -0.465 e. The Labute approximate surface area is 189 Å². The molecule has 0 saturated heterocycles. The zero-order valence-electron chi connectivity index (χ0n) is 18.9. The summed E-state index contributed by atoms with van der Waals surface area (Å²) in [5, 5.41) is 9.78. The van der Waals surface area contributed by atoms with E-state index < -0.39 is 16.1 Å². The number of benzene rings is 2. The molecule has 0 radical (unpaired) electrons. The highest BCUT2D eigenvalue weighted by atomic mass is 32.2. The first-order valence-electron chi connectivity index (χ1n) is 10.4. The lowest BCUT2D eigenvalue weighted by Gasteiger charge is -2.40. The molecule has 1 atom stereocenters. The molecule has 2 amide bonds. The predicted octanol–water partition coefficient (Wildman–Crippen LogP) is 3.87. The van der Waals surface area contributed by atoms with Crippen LogP contribution >= 0.6 is 0 Å². The van der Waals surface area contributed by atoms with Crippen LogP contribution in [0.2, 0.25) is 0 Å². The lowest BCUT2D eigenvalue weighted by molar-refractivity contribution is -0.119. The highest BCUT2D eigenvalue weighted by Crippen LogP contribution is 2.39. The van der Waals surface area contributed by atoms with Crippen LogP contribution in [0.15, 0.2) is 47.4 Å². The van der Waals surface area contributed by atoms with Crippen molar-refractivity contribution in [1.29, 1.82) is 0 Å². The van der Waals surface area contributed by atoms with Crippen molar-refractivity contribution in [1.82, 2.24) is 4.31 Å². The molecule has 2 aromatic rings. The van der Waals surface area contributed by atoms with Gasteiger partial charge in [-0.3, -0.25) is 9.69 Å². The normalized spacial score (nSPS) is 16.4. The Morgan fingerprint density at radius 1 is 1.09 bits per heavy atom. The average Bonchev–Trinajstić information content (AvgIpc) is 2.72. The topological polar surface area (TPSA) is 98.2 Å². The number of nitrogens with zero attached hydrogens (tertiary/aromatic N) is 3. The Hall–Kier alpha value is -2.91. The Morgan fingerprint density at radius 2 is 1.75 bits per heavy atom. The molecule has 9 heteroatoms. The van der Waals surface area contributed by atoms with Gasteiger partial charge in [-0.2, -0.15) is 0 Å². The van der Waals surface area contributed by atoms with E-state index in [9.17, 15) is 23.1 Å². The maximum absolute atomic E-state index is 12.9. The molecule has 1 aliphatic heterocycles. The van der Waals surface area contributed by atoms with Crippen LogP contribution in [0.3, 0.4) is 0 Å². The summed E-state index contributed by atoms with van der Waals surface area (Å²) < 4.78 is 26.2. The maximum atomic E-state index is 12.9. The summed E-state index contributed by atoms with van der Waals surface area (Å²) in [6, 6.07) is 11.4. The zero-order valence-corrected chi connectivity index (χ0v) is 19.8. The molecule has 8 nitrogen and oxygen atoms in total. The number of fused-ring (bicyclic) bond motifs is 1. The lowest BCUT2D eigenvalue weighted by Crippen LogP contribution is -2.51. The molecule has 0 aliphatic carbocycles. The standard InChI is InChI=1S/C23H29N3O5S/c1-15(2)11-22(27)26-16(3)14-25(23(28)29)21-13-18(9-10-20(21)26)17-7-6-8-19(12-17)32(30,31)24(4)5/h6-10,12-13,15-16H,11,14H2,1-5H3,(H,28,29)/t16-/m0/s1. The molecule has 172 valence electrons. The van der Waals surface area contributed by atoms with Gasteiger partial charge in [-0.05, 0) is 48.2 Å². The van der Waals surface area contributed by atoms with E-state index in [-0.39, 0.29) is 29.3 Å². The summed E-state index contributed by atoms with van der Waals surface area (Å²) in [5.74, 6) is 0.127. The number of amides is 2. The van der Waals surface area contributed by atoms with E-state index in [4.69, 9.17) is 0 Å². The van der Waals surface area contributed by atoms with Gasteiger partial charge in [0, 0.05) is 27.1 Å². The van der Waals surface area contributed by atoms with Gasteiger partial charge in [0.1, 0.15) is 0 Å². The van der Waals surface area contributed by atoms with Gasteiger partial charge >= 0.3 is 6.09 Å². The predicted molar refractivity (Wildman–Crippen MR) is 125 cm³/mol. The molecular formula is C23H29N3O5S. The van der Waals surface area contributed by atoms with E-state index in [1.54, 1.807) is 41.3 Å². The molecule has 1 N–H and O–H groups in total. The molecule has 0 spiro atoms. The average molecular weight is 460 g/mol. The van der Waals surface area contributed by atoms with Gasteiger partial charge in [0.25, 0.3) is 0 Å². The van der Waals surface area contributed by atoms with Gasteiger partial charge < -0.3 is 10.0 Å². The first kappa shape index (κ1) is 23.7. The van der Waals surface area contributed by atoms with Gasteiger partial charge in [0.2, 0.25) is 15.9 Å². The second kappa shape index (κ2) is 8.91. The van der Waals surface area contributed by atoms with Gasteiger partial charge in [-0.15, -0.1) is 0 Å². The van der Waals surface area contributed by atoms with E-state index in [0.717, 1.165) is 4.31 Å². The Kier molecular flexibility index (Phi) is 6.61. The SMILES string of the molecule is CC(C)CC(=O)N1c2ccc(-c3cccc(S(=O)(=O)N(C)C)c3)cc2N(C(=O)O)C[C@@H]1C. The summed E-state index contributed by atoms with van der Waals surface area (Å²) in [6.07, 6.45) is -0.738. The third-order valence-electron chi connectivity index (χ3n) is 5.44. The summed E-state index contributed by atoms with van der Waals surface area (Å²) in [4.78, 5) is 27.9. The third kappa shape index (κ3) is 4.49. The Morgan fingerprint density at radius 3 is 2.34 bits per heavy atom. The summed E-state index contributed by atoms with van der Waals surface area (Å²) in [6.45, 7) is 5.93. The van der Waals surface area contributed by atoms with Crippen molar-refractivity contribution in [3.05, 3.63) is 42.5 Å². The van der Waals surface area contributed by atoms with Gasteiger partial charge in [-0.25, -0.2) is 17.5 Å². The summed E-state index contributed by atoms with van der Waals surface area (Å²) in [5.41, 5.74) is 2.25. The number of sulfonamides is 1. The van der Waals surface area contributed by atoms with Crippen LogP contribution in [-0.2, 0) is 14.8 Å². The fourth-order valence-corrected chi connectivity index (χ4v) is 4.81. The van der Waals surface area contributed by atoms with Gasteiger partial charge in [-0.1, -0.05) is 32.0 Å². The largest absolute Gasteiger partial charge is 0.465 e. The highest BCUT2D eigenvalue weighted by Gasteiger charge is 2.35. The fraction of sp³-hybridized carbons (Fsp3) is 0.391. The van der Waals surface area contributed by atoms with Crippen LogP contribution in [0.4, 0.5) is 16.2 Å². The Bertz CT molecular complexity index is 1140. The molecule has 0 bridgehead atoms. The van der Waals surface area contributed by atoms with Crippen molar-refractivity contribution in [3.63, 3.8) is 0 Å². The molecule has 0 saturated carbocycles. The number of hydrogen-bond donors (Lipinski definition) is 1. The smallest absolute Gasteiger partial charge is 0.411 e. The van der Waals surface area contributed by atoms with E-state index in [1.807, 2.05) is 20.8 Å². The molecule has 32 heavy (non-hydrogen) atoms. The first-order chi connectivity index (χ1) is 14.9. The molecular weight excluding hydrogens is 430 g/mol. The van der Waals surface area contributed by atoms with E-state index >= 15 is 0 Å². The van der Waals surface area contributed by atoms with Gasteiger partial charge in [0.05, 0.1) is 22.3 Å².